The summed E-state index contributed by atoms with van der Waals surface area (Å²) in [6.45, 7) is 6.80. The number of ether oxygens (including phenoxy) is 5. The second kappa shape index (κ2) is 15.3. The maximum atomic E-state index is 12.1. The summed E-state index contributed by atoms with van der Waals surface area (Å²) < 4.78 is 28.2. The van der Waals surface area contributed by atoms with E-state index in [4.69, 9.17) is 23.7 Å². The minimum absolute atomic E-state index is 0. The molecular formula is C28H36BNO9S. The molecule has 0 radical (unpaired) electrons. The maximum Gasteiger partial charge on any atom is 0.303 e. The van der Waals surface area contributed by atoms with Crippen molar-refractivity contribution in [1.29, 1.82) is 0 Å². The molecule has 0 saturated carbocycles. The Balaban J connectivity index is 0.00000560. The molecule has 10 nitrogen and oxygen atoms in total. The van der Waals surface area contributed by atoms with E-state index in [1.165, 1.54) is 33.3 Å². The van der Waals surface area contributed by atoms with E-state index < -0.39 is 52.9 Å². The molecule has 0 spiro atoms. The van der Waals surface area contributed by atoms with E-state index in [1.54, 1.807) is 12.4 Å². The smallest absolute Gasteiger partial charge is 0.303 e. The Labute approximate surface area is 240 Å². The van der Waals surface area contributed by atoms with Crippen molar-refractivity contribution in [3.05, 3.63) is 59.4 Å². The number of benzene rings is 1. The first-order chi connectivity index (χ1) is 18.6. The van der Waals surface area contributed by atoms with Crippen LogP contribution in [-0.4, -0.2) is 72.9 Å². The van der Waals surface area contributed by atoms with E-state index in [9.17, 15) is 19.2 Å². The number of aryl methyl sites for hydroxylation is 1. The third kappa shape index (κ3) is 9.29. The van der Waals surface area contributed by atoms with Crippen LogP contribution < -0.4 is 4.74 Å². The molecule has 0 aliphatic carbocycles. The van der Waals surface area contributed by atoms with Crippen molar-refractivity contribution in [3.63, 3.8) is 0 Å². The number of carbonyl (C=O) groups excluding carboxylic acids is 4. The zero-order valence-electron chi connectivity index (χ0n) is 22.6. The summed E-state index contributed by atoms with van der Waals surface area (Å²) in [7, 11) is 0. The number of carbonyl (C=O) groups is 4. The number of hydrogen-bond acceptors (Lipinski definition) is 11. The van der Waals surface area contributed by atoms with Crippen molar-refractivity contribution in [2.24, 2.45) is 0 Å². The number of nitrogens with zero attached hydrogens (tertiary/aromatic N) is 1. The predicted molar refractivity (Wildman–Crippen MR) is 152 cm³/mol. The molecule has 3 rings (SSSR count). The highest BCUT2D eigenvalue weighted by Gasteiger charge is 2.53. The van der Waals surface area contributed by atoms with Gasteiger partial charge in [-0.2, -0.15) is 0 Å². The number of aromatic nitrogens is 1. The Morgan fingerprint density at radius 1 is 0.800 bits per heavy atom. The average molecular weight is 573 g/mol. The van der Waals surface area contributed by atoms with Gasteiger partial charge in [-0.3, -0.25) is 24.2 Å². The van der Waals surface area contributed by atoms with Gasteiger partial charge in [-0.1, -0.05) is 31.2 Å². The molecule has 40 heavy (non-hydrogen) atoms. The van der Waals surface area contributed by atoms with Crippen molar-refractivity contribution in [3.8, 4) is 5.75 Å². The van der Waals surface area contributed by atoms with E-state index in [-0.39, 0.29) is 15.0 Å². The van der Waals surface area contributed by atoms with Crippen LogP contribution in [0.2, 0.25) is 0 Å². The molecule has 1 aromatic heterocycles. The number of pyridine rings is 1. The Kier molecular flexibility index (Phi) is 12.5. The third-order valence-corrected chi connectivity index (χ3v) is 7.27. The second-order valence-electron chi connectivity index (χ2n) is 9.02. The minimum atomic E-state index is -1.22. The molecule has 2 aromatic rings. The van der Waals surface area contributed by atoms with Gasteiger partial charge in [-0.15, -0.1) is 11.8 Å². The van der Waals surface area contributed by atoms with Crippen LogP contribution in [0.1, 0.15) is 51.3 Å². The van der Waals surface area contributed by atoms with Gasteiger partial charge in [-0.25, -0.2) is 0 Å². The van der Waals surface area contributed by atoms with Crippen LogP contribution in [0.3, 0.4) is 0 Å². The molecule has 1 aromatic carbocycles. The normalized spacial score (nSPS) is 21.8. The molecule has 1 aliphatic rings. The molecule has 1 saturated heterocycles. The summed E-state index contributed by atoms with van der Waals surface area (Å²) in [5.41, 5.74) is 2.21. The van der Waals surface area contributed by atoms with E-state index in [0.717, 1.165) is 29.3 Å². The summed E-state index contributed by atoms with van der Waals surface area (Å²) in [4.78, 5) is 51.9. The van der Waals surface area contributed by atoms with Gasteiger partial charge in [0.1, 0.15) is 12.4 Å². The van der Waals surface area contributed by atoms with Gasteiger partial charge in [-0.05, 0) is 23.6 Å². The molecular weight excluding hydrogens is 537 g/mol. The zero-order valence-corrected chi connectivity index (χ0v) is 23.4. The van der Waals surface area contributed by atoms with Crippen LogP contribution in [-0.2, 0) is 51.0 Å². The van der Waals surface area contributed by atoms with Crippen molar-refractivity contribution in [2.45, 2.75) is 76.5 Å². The highest BCUT2D eigenvalue weighted by Crippen LogP contribution is 2.40. The third-order valence-electron chi connectivity index (χ3n) is 5.89. The summed E-state index contributed by atoms with van der Waals surface area (Å²) in [5, 5.41) is -0.694. The van der Waals surface area contributed by atoms with Gasteiger partial charge in [0.2, 0.25) is 0 Å². The number of rotatable bonds is 10. The lowest BCUT2D eigenvalue weighted by molar-refractivity contribution is -0.190. The Morgan fingerprint density at radius 2 is 1.38 bits per heavy atom. The van der Waals surface area contributed by atoms with Gasteiger partial charge in [0.15, 0.2) is 23.7 Å². The highest BCUT2D eigenvalue weighted by molar-refractivity contribution is 8.00. The number of esters is 4. The first-order valence-electron chi connectivity index (χ1n) is 12.5. The lowest BCUT2D eigenvalue weighted by Crippen LogP contribution is -2.59. The number of thioether (sulfide) groups is 1. The van der Waals surface area contributed by atoms with E-state index in [2.05, 4.69) is 36.2 Å². The van der Waals surface area contributed by atoms with E-state index in [0.29, 0.717) is 12.2 Å². The van der Waals surface area contributed by atoms with Crippen molar-refractivity contribution >= 4 is 44.1 Å². The van der Waals surface area contributed by atoms with Crippen LogP contribution in [0.4, 0.5) is 0 Å². The minimum Gasteiger partial charge on any atom is -0.474 e. The fourth-order valence-electron chi connectivity index (χ4n) is 4.18. The van der Waals surface area contributed by atoms with Gasteiger partial charge >= 0.3 is 23.9 Å². The standard InChI is InChI=1S/C28H33NO9S.BH3/c1-6-20-7-9-21(10-8-20)13-22-11-12-29-14-23(22)38-28-27(37-19(5)33)26(36-18(4)32)25(35-17(3)31)24(39-28)15-34-16(2)30;/h7-12,14,24-28H,6,13,15H2,1-5H3;1H3/t24-,25-,26+,27-,28-;/m1./s1. The molecule has 0 bridgehead atoms. The van der Waals surface area contributed by atoms with Gasteiger partial charge in [0, 0.05) is 45.9 Å². The maximum absolute atomic E-state index is 12.1. The fraction of sp³-hybridized carbons (Fsp3) is 0.464. The SMILES string of the molecule is B.CCc1ccc(Cc2ccncc2O[C@@H]2S[C@H](COC(C)=O)[C@@H](OC(C)=O)[C@H](OC(C)=O)[C@H]2OC(C)=O)cc1. The van der Waals surface area contributed by atoms with Gasteiger partial charge in [0.25, 0.3) is 0 Å². The molecule has 0 N–H and O–H groups in total. The molecule has 1 aliphatic heterocycles. The Morgan fingerprint density at radius 3 is 1.95 bits per heavy atom. The van der Waals surface area contributed by atoms with Crippen LogP contribution in [0.25, 0.3) is 0 Å². The Hall–Kier alpha value is -3.54. The van der Waals surface area contributed by atoms with Gasteiger partial charge in [0.05, 0.1) is 19.9 Å². The molecule has 12 heteroatoms. The van der Waals surface area contributed by atoms with Crippen molar-refractivity contribution < 1.29 is 42.9 Å². The summed E-state index contributed by atoms with van der Waals surface area (Å²) in [6.07, 6.45) is 1.26. The largest absolute Gasteiger partial charge is 0.474 e. The Bertz CT molecular complexity index is 1180. The molecule has 216 valence electrons. The lowest BCUT2D eigenvalue weighted by Gasteiger charge is -2.43. The zero-order chi connectivity index (χ0) is 28.5. The van der Waals surface area contributed by atoms with Crippen LogP contribution in [0.5, 0.6) is 5.75 Å². The first-order valence-corrected chi connectivity index (χ1v) is 13.5. The summed E-state index contributed by atoms with van der Waals surface area (Å²) in [6, 6.07) is 10.1. The van der Waals surface area contributed by atoms with Crippen LogP contribution >= 0.6 is 11.8 Å². The highest BCUT2D eigenvalue weighted by atomic mass is 32.2. The first kappa shape index (κ1) is 32.7. The summed E-state index contributed by atoms with van der Waals surface area (Å²) in [5.74, 6) is -2.07. The van der Waals surface area contributed by atoms with E-state index >= 15 is 0 Å². The van der Waals surface area contributed by atoms with E-state index in [1.807, 2.05) is 6.07 Å². The molecule has 1 fully saturated rings. The molecule has 2 heterocycles. The second-order valence-corrected chi connectivity index (χ2v) is 10.4. The van der Waals surface area contributed by atoms with Crippen LogP contribution in [0, 0.1) is 0 Å². The topological polar surface area (TPSA) is 127 Å². The van der Waals surface area contributed by atoms with Gasteiger partial charge < -0.3 is 23.7 Å². The lowest BCUT2D eigenvalue weighted by atomic mass is 10.0. The summed E-state index contributed by atoms with van der Waals surface area (Å²) >= 11 is 1.15. The quantitative estimate of drug-likeness (QED) is 0.236. The monoisotopic (exact) mass is 573 g/mol. The van der Waals surface area contributed by atoms with Crippen LogP contribution in [0.15, 0.2) is 42.7 Å². The molecule has 5 atom stereocenters. The van der Waals surface area contributed by atoms with Crippen molar-refractivity contribution in [2.75, 3.05) is 6.61 Å². The number of hydrogen-bond donors (Lipinski definition) is 0. The molecule has 0 unspecified atom stereocenters. The van der Waals surface area contributed by atoms with Crippen molar-refractivity contribution in [1.82, 2.24) is 4.98 Å². The predicted octanol–water partition coefficient (Wildman–Crippen LogP) is 2.23. The fourth-order valence-corrected chi connectivity index (χ4v) is 5.56. The molecule has 0 amide bonds. The average Bonchev–Trinajstić information content (AvgIpc) is 2.87.